The van der Waals surface area contributed by atoms with Gasteiger partial charge in [0.2, 0.25) is 5.91 Å². The minimum absolute atomic E-state index is 0.145. The Labute approximate surface area is 101 Å². The van der Waals surface area contributed by atoms with Gasteiger partial charge in [-0.05, 0) is 48.9 Å². The van der Waals surface area contributed by atoms with Crippen molar-refractivity contribution >= 4 is 17.3 Å². The maximum Gasteiger partial charge on any atom is 0.228 e. The number of benzene rings is 1. The van der Waals surface area contributed by atoms with E-state index in [4.69, 9.17) is 5.73 Å². The number of nitrogens with one attached hydrogen (secondary N) is 1. The maximum absolute atomic E-state index is 12.1. The van der Waals surface area contributed by atoms with Crippen LogP contribution in [0, 0.1) is 17.8 Å². The third-order valence-corrected chi connectivity index (χ3v) is 3.79. The summed E-state index contributed by atoms with van der Waals surface area (Å²) in [5.74, 6) is 1.38. The molecule has 3 atom stereocenters. The molecule has 2 bridgehead atoms. The molecule has 0 radical (unpaired) electrons. The Bertz CT molecular complexity index is 464. The van der Waals surface area contributed by atoms with Crippen molar-refractivity contribution in [2.75, 3.05) is 11.1 Å². The van der Waals surface area contributed by atoms with E-state index in [0.29, 0.717) is 17.5 Å². The summed E-state index contributed by atoms with van der Waals surface area (Å²) in [6.45, 7) is 0. The molecule has 2 aliphatic carbocycles. The van der Waals surface area contributed by atoms with Crippen molar-refractivity contribution in [1.29, 1.82) is 0 Å². The lowest BCUT2D eigenvalue weighted by Gasteiger charge is -2.17. The van der Waals surface area contributed by atoms with Crippen LogP contribution < -0.4 is 11.1 Å². The third-order valence-electron chi connectivity index (χ3n) is 3.79. The van der Waals surface area contributed by atoms with E-state index in [-0.39, 0.29) is 11.8 Å². The van der Waals surface area contributed by atoms with Gasteiger partial charge in [0.05, 0.1) is 0 Å². The Morgan fingerprint density at radius 3 is 2.53 bits per heavy atom. The van der Waals surface area contributed by atoms with Gasteiger partial charge in [-0.3, -0.25) is 4.79 Å². The number of amides is 1. The van der Waals surface area contributed by atoms with Crippen LogP contribution in [0.1, 0.15) is 12.8 Å². The van der Waals surface area contributed by atoms with Gasteiger partial charge in [-0.25, -0.2) is 0 Å². The maximum atomic E-state index is 12.1. The van der Waals surface area contributed by atoms with Crippen LogP contribution in [-0.4, -0.2) is 5.91 Å². The second-order valence-corrected chi connectivity index (χ2v) is 5.00. The van der Waals surface area contributed by atoms with Crippen LogP contribution in [0.4, 0.5) is 11.4 Å². The molecule has 0 aliphatic heterocycles. The molecule has 3 nitrogen and oxygen atoms in total. The zero-order chi connectivity index (χ0) is 11.8. The molecule has 1 amide bonds. The van der Waals surface area contributed by atoms with Gasteiger partial charge in [0, 0.05) is 17.3 Å². The zero-order valence-electron chi connectivity index (χ0n) is 9.60. The smallest absolute Gasteiger partial charge is 0.228 e. The second kappa shape index (κ2) is 3.91. The topological polar surface area (TPSA) is 55.1 Å². The molecule has 88 valence electrons. The van der Waals surface area contributed by atoms with E-state index in [1.54, 1.807) is 12.1 Å². The summed E-state index contributed by atoms with van der Waals surface area (Å²) < 4.78 is 0. The summed E-state index contributed by atoms with van der Waals surface area (Å²) in [6.07, 6.45) is 6.60. The molecule has 3 rings (SSSR count). The Morgan fingerprint density at radius 2 is 1.94 bits per heavy atom. The molecule has 2 aliphatic rings. The SMILES string of the molecule is Nc1ccc(NC(=O)C2CC3C=CC2C3)cc1. The molecule has 0 aromatic heterocycles. The minimum Gasteiger partial charge on any atom is -0.399 e. The van der Waals surface area contributed by atoms with Crippen molar-refractivity contribution in [2.45, 2.75) is 12.8 Å². The molecule has 0 spiro atoms. The van der Waals surface area contributed by atoms with E-state index in [0.717, 1.165) is 18.5 Å². The van der Waals surface area contributed by atoms with E-state index >= 15 is 0 Å². The Balaban J connectivity index is 1.68. The Hall–Kier alpha value is -1.77. The van der Waals surface area contributed by atoms with E-state index < -0.39 is 0 Å². The third kappa shape index (κ3) is 1.93. The van der Waals surface area contributed by atoms with Gasteiger partial charge < -0.3 is 11.1 Å². The number of rotatable bonds is 2. The van der Waals surface area contributed by atoms with Crippen molar-refractivity contribution in [3.05, 3.63) is 36.4 Å². The van der Waals surface area contributed by atoms with Gasteiger partial charge in [-0.1, -0.05) is 12.2 Å². The predicted octanol–water partition coefficient (Wildman–Crippen LogP) is 2.42. The van der Waals surface area contributed by atoms with Gasteiger partial charge in [0.15, 0.2) is 0 Å². The number of carbonyl (C=O) groups is 1. The number of fused-ring (bicyclic) bond motifs is 2. The number of hydrogen-bond acceptors (Lipinski definition) is 2. The monoisotopic (exact) mass is 228 g/mol. The van der Waals surface area contributed by atoms with Crippen molar-refractivity contribution in [3.8, 4) is 0 Å². The molecule has 3 unspecified atom stereocenters. The van der Waals surface area contributed by atoms with Gasteiger partial charge in [0.25, 0.3) is 0 Å². The first-order valence-electron chi connectivity index (χ1n) is 6.07. The van der Waals surface area contributed by atoms with E-state index in [2.05, 4.69) is 17.5 Å². The standard InChI is InChI=1S/C14H16N2O/c15-11-3-5-12(6-4-11)16-14(17)13-8-9-1-2-10(13)7-9/h1-6,9-10,13H,7-8,15H2,(H,16,17). The highest BCUT2D eigenvalue weighted by molar-refractivity contribution is 5.93. The number of nitrogens with two attached hydrogens (primary N) is 1. The molecule has 0 saturated heterocycles. The molecule has 0 heterocycles. The van der Waals surface area contributed by atoms with Gasteiger partial charge >= 0.3 is 0 Å². The lowest BCUT2D eigenvalue weighted by molar-refractivity contribution is -0.120. The van der Waals surface area contributed by atoms with E-state index in [1.165, 1.54) is 0 Å². The molecule has 3 heteroatoms. The second-order valence-electron chi connectivity index (χ2n) is 5.00. The fourth-order valence-electron chi connectivity index (χ4n) is 2.88. The number of anilines is 2. The average Bonchev–Trinajstić information content (AvgIpc) is 2.94. The number of nitrogen functional groups attached to an aromatic ring is 1. The summed E-state index contributed by atoms with van der Waals surface area (Å²) in [7, 11) is 0. The molecular weight excluding hydrogens is 212 g/mol. The van der Waals surface area contributed by atoms with Crippen LogP contribution >= 0.6 is 0 Å². The molecule has 1 aromatic rings. The van der Waals surface area contributed by atoms with Gasteiger partial charge in [0.1, 0.15) is 0 Å². The summed E-state index contributed by atoms with van der Waals surface area (Å²) in [5.41, 5.74) is 7.15. The van der Waals surface area contributed by atoms with Crippen LogP contribution in [0.2, 0.25) is 0 Å². The number of hydrogen-bond donors (Lipinski definition) is 2. The highest BCUT2D eigenvalue weighted by atomic mass is 16.1. The van der Waals surface area contributed by atoms with Crippen LogP contribution in [0.3, 0.4) is 0 Å². The van der Waals surface area contributed by atoms with Crippen molar-refractivity contribution in [3.63, 3.8) is 0 Å². The number of carbonyl (C=O) groups excluding carboxylic acids is 1. The van der Waals surface area contributed by atoms with E-state index in [1.807, 2.05) is 12.1 Å². The normalized spacial score (nSPS) is 29.5. The van der Waals surface area contributed by atoms with Gasteiger partial charge in [-0.2, -0.15) is 0 Å². The van der Waals surface area contributed by atoms with Crippen molar-refractivity contribution in [1.82, 2.24) is 0 Å². The van der Waals surface area contributed by atoms with Crippen molar-refractivity contribution in [2.24, 2.45) is 17.8 Å². The first kappa shape index (κ1) is 10.4. The highest BCUT2D eigenvalue weighted by Gasteiger charge is 2.39. The zero-order valence-corrected chi connectivity index (χ0v) is 9.60. The average molecular weight is 228 g/mol. The number of allylic oxidation sites excluding steroid dienone is 2. The van der Waals surface area contributed by atoms with E-state index in [9.17, 15) is 4.79 Å². The van der Waals surface area contributed by atoms with Crippen LogP contribution in [0.15, 0.2) is 36.4 Å². The quantitative estimate of drug-likeness (QED) is 0.603. The van der Waals surface area contributed by atoms with Crippen LogP contribution in [0.5, 0.6) is 0 Å². The van der Waals surface area contributed by atoms with Crippen LogP contribution in [0.25, 0.3) is 0 Å². The fourth-order valence-corrected chi connectivity index (χ4v) is 2.88. The Kier molecular flexibility index (Phi) is 2.39. The molecule has 1 saturated carbocycles. The lowest BCUT2D eigenvalue weighted by atomic mass is 9.93. The summed E-state index contributed by atoms with van der Waals surface area (Å²) in [4.78, 5) is 12.1. The highest BCUT2D eigenvalue weighted by Crippen LogP contribution is 2.43. The van der Waals surface area contributed by atoms with Crippen LogP contribution in [-0.2, 0) is 4.79 Å². The van der Waals surface area contributed by atoms with Gasteiger partial charge in [-0.15, -0.1) is 0 Å². The largest absolute Gasteiger partial charge is 0.399 e. The summed E-state index contributed by atoms with van der Waals surface area (Å²) in [5, 5.41) is 2.97. The lowest BCUT2D eigenvalue weighted by Crippen LogP contribution is -2.25. The first-order chi connectivity index (χ1) is 8.22. The summed E-state index contributed by atoms with van der Waals surface area (Å²) >= 11 is 0. The predicted molar refractivity (Wildman–Crippen MR) is 68.3 cm³/mol. The summed E-state index contributed by atoms with van der Waals surface area (Å²) in [6, 6.07) is 7.29. The minimum atomic E-state index is 0.145. The fraction of sp³-hybridized carbons (Fsp3) is 0.357. The Morgan fingerprint density at radius 1 is 1.18 bits per heavy atom. The van der Waals surface area contributed by atoms with Crippen molar-refractivity contribution < 1.29 is 4.79 Å². The molecule has 17 heavy (non-hydrogen) atoms. The molecule has 3 N–H and O–H groups in total. The molecule has 1 fully saturated rings. The molecule has 1 aromatic carbocycles. The first-order valence-corrected chi connectivity index (χ1v) is 6.07. The molecular formula is C14H16N2O.